The highest BCUT2D eigenvalue weighted by Crippen LogP contribution is 2.23. The van der Waals surface area contributed by atoms with Crippen LogP contribution < -0.4 is 0 Å². The van der Waals surface area contributed by atoms with Crippen molar-refractivity contribution in [3.05, 3.63) is 51.8 Å². The monoisotopic (exact) mass is 345 g/mol. The topological polar surface area (TPSA) is 38.1 Å². The zero-order valence-electron chi connectivity index (χ0n) is 14.6. The molecule has 3 rings (SSSR count). The number of carbonyl (C=O) groups is 1. The standard InChI is InChI=1S/C19H24ClN3O/c1-13-7-6-10-22(11-13)19(24)18-14(2)21-23(15(18)3)12-16-8-4-5-9-17(16)20/h4-5,8-9,13H,6-7,10-12H2,1-3H3. The molecule has 0 N–H and O–H groups in total. The Labute approximate surface area is 148 Å². The summed E-state index contributed by atoms with van der Waals surface area (Å²) in [6.45, 7) is 8.36. The van der Waals surface area contributed by atoms with Crippen LogP contribution in [0.25, 0.3) is 0 Å². The van der Waals surface area contributed by atoms with Crippen LogP contribution in [-0.4, -0.2) is 33.7 Å². The second-order valence-electron chi connectivity index (χ2n) is 6.79. The van der Waals surface area contributed by atoms with E-state index in [9.17, 15) is 4.79 Å². The van der Waals surface area contributed by atoms with Crippen molar-refractivity contribution in [1.29, 1.82) is 0 Å². The molecule has 128 valence electrons. The van der Waals surface area contributed by atoms with Crippen LogP contribution in [0.5, 0.6) is 0 Å². The number of likely N-dealkylation sites (tertiary alicyclic amines) is 1. The number of halogens is 1. The van der Waals surface area contributed by atoms with Crippen molar-refractivity contribution in [2.75, 3.05) is 13.1 Å². The largest absolute Gasteiger partial charge is 0.338 e. The highest BCUT2D eigenvalue weighted by molar-refractivity contribution is 6.31. The number of aryl methyl sites for hydroxylation is 1. The third kappa shape index (κ3) is 3.34. The highest BCUT2D eigenvalue weighted by atomic mass is 35.5. The summed E-state index contributed by atoms with van der Waals surface area (Å²) in [5, 5.41) is 5.32. The molecule has 1 aromatic carbocycles. The molecule has 1 unspecified atom stereocenters. The van der Waals surface area contributed by atoms with Gasteiger partial charge in [-0.25, -0.2) is 0 Å². The smallest absolute Gasteiger partial charge is 0.257 e. The molecule has 24 heavy (non-hydrogen) atoms. The molecule has 1 aliphatic heterocycles. The molecule has 0 radical (unpaired) electrons. The molecule has 5 heteroatoms. The first-order valence-corrected chi connectivity index (χ1v) is 8.92. The van der Waals surface area contributed by atoms with Crippen molar-refractivity contribution in [2.24, 2.45) is 5.92 Å². The van der Waals surface area contributed by atoms with Crippen LogP contribution >= 0.6 is 11.6 Å². The minimum absolute atomic E-state index is 0.113. The Morgan fingerprint density at radius 2 is 2.08 bits per heavy atom. The average molecular weight is 346 g/mol. The number of aromatic nitrogens is 2. The molecule has 1 aromatic heterocycles. The van der Waals surface area contributed by atoms with E-state index in [1.807, 2.05) is 47.7 Å². The number of nitrogens with zero attached hydrogens (tertiary/aromatic N) is 3. The van der Waals surface area contributed by atoms with Crippen molar-refractivity contribution in [1.82, 2.24) is 14.7 Å². The molecule has 1 aliphatic rings. The number of benzene rings is 1. The summed E-state index contributed by atoms with van der Waals surface area (Å²) < 4.78 is 1.89. The van der Waals surface area contributed by atoms with E-state index in [0.29, 0.717) is 12.5 Å². The Bertz CT molecular complexity index is 753. The molecule has 4 nitrogen and oxygen atoms in total. The molecule has 1 saturated heterocycles. The van der Waals surface area contributed by atoms with E-state index >= 15 is 0 Å². The van der Waals surface area contributed by atoms with Gasteiger partial charge in [0.05, 0.1) is 17.8 Å². The summed E-state index contributed by atoms with van der Waals surface area (Å²) in [6, 6.07) is 7.75. The van der Waals surface area contributed by atoms with Gasteiger partial charge >= 0.3 is 0 Å². The van der Waals surface area contributed by atoms with Gasteiger partial charge in [0.15, 0.2) is 0 Å². The number of amides is 1. The zero-order chi connectivity index (χ0) is 17.3. The summed E-state index contributed by atoms with van der Waals surface area (Å²) in [7, 11) is 0. The van der Waals surface area contributed by atoms with Crippen LogP contribution in [0.4, 0.5) is 0 Å². The molecule has 1 amide bonds. The minimum atomic E-state index is 0.113. The van der Waals surface area contributed by atoms with E-state index in [4.69, 9.17) is 11.6 Å². The van der Waals surface area contributed by atoms with Gasteiger partial charge in [0, 0.05) is 23.8 Å². The van der Waals surface area contributed by atoms with Crippen LogP contribution in [0, 0.1) is 19.8 Å². The van der Waals surface area contributed by atoms with Crippen molar-refractivity contribution in [2.45, 2.75) is 40.2 Å². The van der Waals surface area contributed by atoms with E-state index in [1.165, 1.54) is 6.42 Å². The Morgan fingerprint density at radius 3 is 2.79 bits per heavy atom. The second-order valence-corrected chi connectivity index (χ2v) is 7.20. The molecule has 2 aromatic rings. The van der Waals surface area contributed by atoms with Gasteiger partial charge in [-0.1, -0.05) is 36.7 Å². The summed E-state index contributed by atoms with van der Waals surface area (Å²) >= 11 is 6.26. The Hall–Kier alpha value is -1.81. The number of piperidine rings is 1. The summed E-state index contributed by atoms with van der Waals surface area (Å²) in [4.78, 5) is 14.9. The van der Waals surface area contributed by atoms with Gasteiger partial charge < -0.3 is 4.90 Å². The molecule has 0 saturated carbocycles. The first kappa shape index (κ1) is 17.0. The fourth-order valence-electron chi connectivity index (χ4n) is 3.48. The van der Waals surface area contributed by atoms with Crippen LogP contribution in [0.2, 0.25) is 5.02 Å². The quantitative estimate of drug-likeness (QED) is 0.840. The predicted molar refractivity (Wildman–Crippen MR) is 96.6 cm³/mol. The number of carbonyl (C=O) groups excluding carboxylic acids is 1. The summed E-state index contributed by atoms with van der Waals surface area (Å²) in [5.41, 5.74) is 3.46. The van der Waals surface area contributed by atoms with Crippen molar-refractivity contribution < 1.29 is 4.79 Å². The predicted octanol–water partition coefficient (Wildman–Crippen LogP) is 4.07. The highest BCUT2D eigenvalue weighted by Gasteiger charge is 2.27. The van der Waals surface area contributed by atoms with Gasteiger partial charge in [-0.3, -0.25) is 9.48 Å². The van der Waals surface area contributed by atoms with Crippen LogP contribution in [0.3, 0.4) is 0 Å². The lowest BCUT2D eigenvalue weighted by Gasteiger charge is -2.31. The van der Waals surface area contributed by atoms with Crippen LogP contribution in [0.15, 0.2) is 24.3 Å². The molecular weight excluding hydrogens is 322 g/mol. The molecule has 2 heterocycles. The van der Waals surface area contributed by atoms with Crippen molar-refractivity contribution in [3.8, 4) is 0 Å². The van der Waals surface area contributed by atoms with E-state index in [2.05, 4.69) is 12.0 Å². The molecule has 1 fully saturated rings. The molecule has 0 bridgehead atoms. The number of hydrogen-bond acceptors (Lipinski definition) is 2. The molecule has 0 aliphatic carbocycles. The van der Waals surface area contributed by atoms with Crippen LogP contribution in [0.1, 0.15) is 47.1 Å². The minimum Gasteiger partial charge on any atom is -0.338 e. The Balaban J connectivity index is 1.86. The summed E-state index contributed by atoms with van der Waals surface area (Å²) in [6.07, 6.45) is 2.28. The number of hydrogen-bond donors (Lipinski definition) is 0. The maximum Gasteiger partial charge on any atom is 0.257 e. The molecule has 0 spiro atoms. The van der Waals surface area contributed by atoms with Gasteiger partial charge in [0.2, 0.25) is 0 Å². The normalized spacial score (nSPS) is 18.0. The SMILES string of the molecule is Cc1nn(Cc2ccccc2Cl)c(C)c1C(=O)N1CCCC(C)C1. The van der Waals surface area contributed by atoms with E-state index < -0.39 is 0 Å². The van der Waals surface area contributed by atoms with Crippen molar-refractivity contribution in [3.63, 3.8) is 0 Å². The lowest BCUT2D eigenvalue weighted by molar-refractivity contribution is 0.0681. The van der Waals surface area contributed by atoms with Gasteiger partial charge in [-0.15, -0.1) is 0 Å². The van der Waals surface area contributed by atoms with E-state index in [-0.39, 0.29) is 5.91 Å². The van der Waals surface area contributed by atoms with Gasteiger partial charge in [-0.2, -0.15) is 5.10 Å². The van der Waals surface area contributed by atoms with Gasteiger partial charge in [0.1, 0.15) is 0 Å². The first-order chi connectivity index (χ1) is 11.5. The first-order valence-electron chi connectivity index (χ1n) is 8.54. The molecular formula is C19H24ClN3O. The average Bonchev–Trinajstić information content (AvgIpc) is 2.83. The number of rotatable bonds is 3. The Morgan fingerprint density at radius 1 is 1.33 bits per heavy atom. The lowest BCUT2D eigenvalue weighted by Crippen LogP contribution is -2.39. The Kier molecular flexibility index (Phi) is 4.95. The van der Waals surface area contributed by atoms with Crippen LogP contribution in [-0.2, 0) is 6.54 Å². The summed E-state index contributed by atoms with van der Waals surface area (Å²) in [5.74, 6) is 0.684. The van der Waals surface area contributed by atoms with Crippen molar-refractivity contribution >= 4 is 17.5 Å². The van der Waals surface area contributed by atoms with Gasteiger partial charge in [0.25, 0.3) is 5.91 Å². The third-order valence-corrected chi connectivity index (χ3v) is 5.19. The third-order valence-electron chi connectivity index (χ3n) is 4.82. The zero-order valence-corrected chi connectivity index (χ0v) is 15.3. The molecule has 1 atom stereocenters. The van der Waals surface area contributed by atoms with E-state index in [0.717, 1.165) is 47.0 Å². The fourth-order valence-corrected chi connectivity index (χ4v) is 3.68. The van der Waals surface area contributed by atoms with E-state index in [1.54, 1.807) is 0 Å². The second kappa shape index (κ2) is 6.98. The van der Waals surface area contributed by atoms with Gasteiger partial charge in [-0.05, 0) is 44.2 Å². The maximum atomic E-state index is 13.0. The fraction of sp³-hybridized carbons (Fsp3) is 0.474. The maximum absolute atomic E-state index is 13.0. The lowest BCUT2D eigenvalue weighted by atomic mass is 9.99.